The van der Waals surface area contributed by atoms with Crippen molar-refractivity contribution >= 4 is 11.0 Å². The molecule has 0 aliphatic heterocycles. The minimum Gasteiger partial charge on any atom is -0.494 e. The Hall–Kier alpha value is -2.33. The lowest BCUT2D eigenvalue weighted by Gasteiger charge is -2.13. The fourth-order valence-corrected chi connectivity index (χ4v) is 2.88. The largest absolute Gasteiger partial charge is 0.494 e. The number of benzene rings is 2. The van der Waals surface area contributed by atoms with Crippen LogP contribution in [-0.4, -0.2) is 21.3 Å². The van der Waals surface area contributed by atoms with Gasteiger partial charge < -0.3 is 14.4 Å². The summed E-state index contributed by atoms with van der Waals surface area (Å²) in [5.74, 6) is 1.65. The molecule has 0 radical (unpaired) electrons. The first-order chi connectivity index (χ1) is 11.7. The van der Waals surface area contributed by atoms with Gasteiger partial charge in [0, 0.05) is 6.54 Å². The van der Waals surface area contributed by atoms with Crippen molar-refractivity contribution < 1.29 is 9.84 Å². The van der Waals surface area contributed by atoms with Crippen LogP contribution in [0.25, 0.3) is 11.0 Å². The van der Waals surface area contributed by atoms with Crippen LogP contribution in [0.3, 0.4) is 0 Å². The highest BCUT2D eigenvalue weighted by Gasteiger charge is 2.16. The number of para-hydroxylation sites is 2. The molecule has 0 amide bonds. The van der Waals surface area contributed by atoms with Crippen molar-refractivity contribution in [1.82, 2.24) is 9.55 Å². The molecule has 0 spiro atoms. The Morgan fingerprint density at radius 3 is 2.79 bits per heavy atom. The summed E-state index contributed by atoms with van der Waals surface area (Å²) in [5, 5.41) is 10.3. The number of aryl methyl sites for hydroxylation is 2. The van der Waals surface area contributed by atoms with Gasteiger partial charge in [-0.1, -0.05) is 31.2 Å². The van der Waals surface area contributed by atoms with Crippen LogP contribution in [0.5, 0.6) is 5.75 Å². The molecule has 3 rings (SSSR count). The Morgan fingerprint density at radius 1 is 1.17 bits per heavy atom. The average molecular weight is 324 g/mol. The third kappa shape index (κ3) is 3.60. The topological polar surface area (TPSA) is 47.3 Å². The summed E-state index contributed by atoms with van der Waals surface area (Å²) in [6.45, 7) is 5.44. The van der Waals surface area contributed by atoms with E-state index in [1.54, 1.807) is 0 Å². The van der Waals surface area contributed by atoms with Crippen molar-refractivity contribution in [3.8, 4) is 5.75 Å². The van der Waals surface area contributed by atoms with Crippen LogP contribution in [0.15, 0.2) is 48.5 Å². The van der Waals surface area contributed by atoms with Gasteiger partial charge >= 0.3 is 0 Å². The van der Waals surface area contributed by atoms with Crippen molar-refractivity contribution in [3.63, 3.8) is 0 Å². The summed E-state index contributed by atoms with van der Waals surface area (Å²) in [6, 6.07) is 16.1. The van der Waals surface area contributed by atoms with Gasteiger partial charge in [-0.2, -0.15) is 0 Å². The van der Waals surface area contributed by atoms with E-state index in [9.17, 15) is 5.11 Å². The number of hydrogen-bond donors (Lipinski definition) is 1. The zero-order chi connectivity index (χ0) is 16.9. The molecule has 0 saturated carbocycles. The molecule has 3 aromatic rings. The monoisotopic (exact) mass is 324 g/mol. The van der Waals surface area contributed by atoms with Crippen molar-refractivity contribution in [3.05, 3.63) is 59.9 Å². The van der Waals surface area contributed by atoms with Gasteiger partial charge in [0.1, 0.15) is 17.7 Å². The third-order valence-corrected chi connectivity index (χ3v) is 4.15. The number of nitrogens with zero attached hydrogens (tertiary/aromatic N) is 2. The SMILES string of the molecule is CC[C@H](O)c1nc2ccccc2n1CCCOc1cccc(C)c1. The fourth-order valence-electron chi connectivity index (χ4n) is 2.88. The van der Waals surface area contributed by atoms with Crippen LogP contribution < -0.4 is 4.74 Å². The summed E-state index contributed by atoms with van der Waals surface area (Å²) in [5.41, 5.74) is 3.19. The Balaban J connectivity index is 1.70. The molecule has 4 heteroatoms. The van der Waals surface area contributed by atoms with E-state index in [1.165, 1.54) is 5.56 Å². The highest BCUT2D eigenvalue weighted by atomic mass is 16.5. The van der Waals surface area contributed by atoms with Crippen molar-refractivity contribution in [2.45, 2.75) is 39.3 Å². The summed E-state index contributed by atoms with van der Waals surface area (Å²) < 4.78 is 7.94. The molecule has 0 aliphatic rings. The summed E-state index contributed by atoms with van der Waals surface area (Å²) in [7, 11) is 0. The molecule has 24 heavy (non-hydrogen) atoms. The van der Waals surface area contributed by atoms with Gasteiger partial charge in [0.15, 0.2) is 0 Å². The van der Waals surface area contributed by atoms with E-state index in [0.29, 0.717) is 13.0 Å². The Morgan fingerprint density at radius 2 is 2.00 bits per heavy atom. The molecule has 4 nitrogen and oxygen atoms in total. The van der Waals surface area contributed by atoms with Gasteiger partial charge in [0.25, 0.3) is 0 Å². The first-order valence-electron chi connectivity index (χ1n) is 8.51. The van der Waals surface area contributed by atoms with E-state index in [4.69, 9.17) is 4.74 Å². The number of ether oxygens (including phenoxy) is 1. The lowest BCUT2D eigenvalue weighted by molar-refractivity contribution is 0.158. The molecule has 2 aromatic carbocycles. The van der Waals surface area contributed by atoms with Crippen LogP contribution in [0.1, 0.15) is 37.3 Å². The fraction of sp³-hybridized carbons (Fsp3) is 0.350. The van der Waals surface area contributed by atoms with E-state index < -0.39 is 6.10 Å². The lowest BCUT2D eigenvalue weighted by Crippen LogP contribution is -2.11. The predicted octanol–water partition coefficient (Wildman–Crippen LogP) is 4.26. The van der Waals surface area contributed by atoms with Gasteiger partial charge in [-0.3, -0.25) is 0 Å². The minimum atomic E-state index is -0.532. The molecule has 0 aliphatic carbocycles. The second kappa shape index (κ2) is 7.49. The first-order valence-corrected chi connectivity index (χ1v) is 8.51. The molecular weight excluding hydrogens is 300 g/mol. The third-order valence-electron chi connectivity index (χ3n) is 4.15. The molecule has 1 N–H and O–H groups in total. The van der Waals surface area contributed by atoms with Crippen molar-refractivity contribution in [2.24, 2.45) is 0 Å². The number of fused-ring (bicyclic) bond motifs is 1. The van der Waals surface area contributed by atoms with E-state index in [0.717, 1.165) is 35.6 Å². The highest BCUT2D eigenvalue weighted by Crippen LogP contribution is 2.23. The quantitative estimate of drug-likeness (QED) is 0.661. The number of hydrogen-bond acceptors (Lipinski definition) is 3. The predicted molar refractivity (Wildman–Crippen MR) is 96.3 cm³/mol. The second-order valence-electron chi connectivity index (χ2n) is 6.05. The van der Waals surface area contributed by atoms with Gasteiger partial charge in [-0.15, -0.1) is 0 Å². The van der Waals surface area contributed by atoms with Crippen LogP contribution in [0, 0.1) is 6.92 Å². The summed E-state index contributed by atoms with van der Waals surface area (Å²) >= 11 is 0. The van der Waals surface area contributed by atoms with Crippen LogP contribution >= 0.6 is 0 Å². The molecule has 0 bridgehead atoms. The maximum Gasteiger partial charge on any atom is 0.138 e. The smallest absolute Gasteiger partial charge is 0.138 e. The molecule has 126 valence electrons. The standard InChI is InChI=1S/C20H24N2O2/c1-3-19(23)20-21-17-10-4-5-11-18(17)22(20)12-7-13-24-16-9-6-8-15(2)14-16/h4-6,8-11,14,19,23H,3,7,12-13H2,1-2H3/t19-/m0/s1. The molecule has 0 unspecified atom stereocenters. The van der Waals surface area contributed by atoms with E-state index in [-0.39, 0.29) is 0 Å². The molecule has 0 fully saturated rings. The Bertz CT molecular complexity index is 810. The van der Waals surface area contributed by atoms with E-state index in [2.05, 4.69) is 28.6 Å². The molecule has 1 heterocycles. The van der Waals surface area contributed by atoms with E-state index >= 15 is 0 Å². The van der Waals surface area contributed by atoms with Gasteiger partial charge in [-0.25, -0.2) is 4.98 Å². The molecule has 1 aromatic heterocycles. The van der Waals surface area contributed by atoms with E-state index in [1.807, 2.05) is 43.3 Å². The number of aliphatic hydroxyl groups excluding tert-OH is 1. The maximum absolute atomic E-state index is 10.3. The summed E-state index contributed by atoms with van der Waals surface area (Å²) in [6.07, 6.45) is 0.982. The van der Waals surface area contributed by atoms with Crippen molar-refractivity contribution in [1.29, 1.82) is 0 Å². The first kappa shape index (κ1) is 16.5. The van der Waals surface area contributed by atoms with Gasteiger partial charge in [-0.05, 0) is 49.6 Å². The zero-order valence-corrected chi connectivity index (χ0v) is 14.3. The van der Waals surface area contributed by atoms with Crippen LogP contribution in [0.2, 0.25) is 0 Å². The second-order valence-corrected chi connectivity index (χ2v) is 6.05. The normalized spacial score (nSPS) is 12.5. The zero-order valence-electron chi connectivity index (χ0n) is 14.3. The summed E-state index contributed by atoms with van der Waals surface area (Å²) in [4.78, 5) is 4.60. The number of aromatic nitrogens is 2. The molecular formula is C20H24N2O2. The van der Waals surface area contributed by atoms with Crippen molar-refractivity contribution in [2.75, 3.05) is 6.61 Å². The average Bonchev–Trinajstić information content (AvgIpc) is 2.97. The van der Waals surface area contributed by atoms with Gasteiger partial charge in [0.2, 0.25) is 0 Å². The molecule has 1 atom stereocenters. The lowest BCUT2D eigenvalue weighted by atomic mass is 10.2. The number of rotatable bonds is 7. The number of aliphatic hydroxyl groups is 1. The minimum absolute atomic E-state index is 0.532. The van der Waals surface area contributed by atoms with Gasteiger partial charge in [0.05, 0.1) is 17.6 Å². The molecule has 0 saturated heterocycles. The maximum atomic E-state index is 10.3. The number of imidazole rings is 1. The van der Waals surface area contributed by atoms with Crippen LogP contribution in [-0.2, 0) is 6.54 Å². The highest BCUT2D eigenvalue weighted by molar-refractivity contribution is 5.76. The van der Waals surface area contributed by atoms with Crippen LogP contribution in [0.4, 0.5) is 0 Å². The Labute approximate surface area is 142 Å². The Kier molecular flexibility index (Phi) is 5.16.